The van der Waals surface area contributed by atoms with Gasteiger partial charge in [0.1, 0.15) is 6.61 Å². The predicted molar refractivity (Wildman–Crippen MR) is 125 cm³/mol. The Labute approximate surface area is 198 Å². The highest BCUT2D eigenvalue weighted by Crippen LogP contribution is 2.44. The van der Waals surface area contributed by atoms with E-state index in [-0.39, 0.29) is 37.5 Å². The molecule has 0 bridgehead atoms. The summed E-state index contributed by atoms with van der Waals surface area (Å²) in [6.45, 7) is 3.94. The van der Waals surface area contributed by atoms with Gasteiger partial charge in [0, 0.05) is 24.4 Å². The molecule has 2 amide bonds. The van der Waals surface area contributed by atoms with Crippen LogP contribution in [0.1, 0.15) is 50.2 Å². The molecule has 2 aromatic rings. The molecule has 8 nitrogen and oxygen atoms in total. The molecule has 1 fully saturated rings. The highest BCUT2D eigenvalue weighted by atomic mass is 16.5. The highest BCUT2D eigenvalue weighted by Gasteiger charge is 2.32. The second-order valence-electron chi connectivity index (χ2n) is 9.48. The Kier molecular flexibility index (Phi) is 6.88. The topological polar surface area (TPSA) is 114 Å². The smallest absolute Gasteiger partial charge is 0.407 e. The van der Waals surface area contributed by atoms with Gasteiger partial charge >= 0.3 is 12.1 Å². The number of hydrogen-bond donors (Lipinski definition) is 3. The Hall–Kier alpha value is -3.39. The van der Waals surface area contributed by atoms with Crippen molar-refractivity contribution >= 4 is 18.0 Å². The minimum absolute atomic E-state index is 0.0365. The van der Waals surface area contributed by atoms with Crippen LogP contribution in [0.15, 0.2) is 48.5 Å². The molecule has 0 radical (unpaired) electrons. The van der Waals surface area contributed by atoms with E-state index in [4.69, 9.17) is 14.6 Å². The van der Waals surface area contributed by atoms with Crippen LogP contribution < -0.4 is 10.6 Å². The quantitative estimate of drug-likeness (QED) is 0.549. The summed E-state index contributed by atoms with van der Waals surface area (Å²) < 4.78 is 11.0. The van der Waals surface area contributed by atoms with E-state index >= 15 is 0 Å². The van der Waals surface area contributed by atoms with Crippen LogP contribution in [0, 0.1) is 0 Å². The monoisotopic (exact) mass is 466 g/mol. The van der Waals surface area contributed by atoms with Crippen molar-refractivity contribution in [3.63, 3.8) is 0 Å². The van der Waals surface area contributed by atoms with Crippen molar-refractivity contribution in [2.75, 3.05) is 13.2 Å². The predicted octanol–water partition coefficient (Wildman–Crippen LogP) is 3.44. The third-order valence-electron chi connectivity index (χ3n) is 6.30. The number of fused-ring (bicyclic) bond motifs is 3. The van der Waals surface area contributed by atoms with E-state index in [1.165, 1.54) is 0 Å². The molecule has 1 aliphatic heterocycles. The summed E-state index contributed by atoms with van der Waals surface area (Å²) in [5.41, 5.74) is 3.76. The fourth-order valence-corrected chi connectivity index (χ4v) is 4.68. The number of ether oxygens (including phenoxy) is 2. The number of benzene rings is 2. The number of rotatable bonds is 8. The van der Waals surface area contributed by atoms with Crippen LogP contribution in [0.4, 0.5) is 4.79 Å². The van der Waals surface area contributed by atoms with E-state index in [0.717, 1.165) is 22.3 Å². The summed E-state index contributed by atoms with van der Waals surface area (Å²) in [6.07, 6.45) is -0.643. The van der Waals surface area contributed by atoms with E-state index < -0.39 is 23.7 Å². The molecule has 1 heterocycles. The number of carboxylic acids is 1. The summed E-state index contributed by atoms with van der Waals surface area (Å²) in [4.78, 5) is 35.9. The largest absolute Gasteiger partial charge is 0.479 e. The lowest BCUT2D eigenvalue weighted by molar-refractivity contribution is -0.149. The first-order chi connectivity index (χ1) is 16.2. The van der Waals surface area contributed by atoms with E-state index in [1.807, 2.05) is 24.3 Å². The van der Waals surface area contributed by atoms with Crippen LogP contribution in [0.25, 0.3) is 11.1 Å². The number of carboxylic acid groups (broad SMARTS) is 1. The average Bonchev–Trinajstić information content (AvgIpc) is 3.39. The van der Waals surface area contributed by atoms with Crippen LogP contribution >= 0.6 is 0 Å². The zero-order chi connectivity index (χ0) is 24.3. The zero-order valence-corrected chi connectivity index (χ0v) is 19.4. The Morgan fingerprint density at radius 2 is 1.65 bits per heavy atom. The molecule has 0 aromatic heterocycles. The molecule has 3 N–H and O–H groups in total. The number of alkyl carbamates (subject to hydrolysis) is 1. The standard InChI is InChI=1S/C26H30N2O6/c1-26(2,13-23(29)27-14-16-11-12-22(34-16)24(30)31)28-25(32)33-15-21-19-9-5-3-7-17(19)18-8-4-6-10-20(18)21/h3-10,16,21-22H,11-15H2,1-2H3,(H,27,29)(H,28,32)(H,30,31). The summed E-state index contributed by atoms with van der Waals surface area (Å²) in [5, 5.41) is 14.5. The second kappa shape index (κ2) is 9.85. The third kappa shape index (κ3) is 5.39. The molecule has 0 saturated carbocycles. The van der Waals surface area contributed by atoms with Crippen molar-refractivity contribution in [2.24, 2.45) is 0 Å². The van der Waals surface area contributed by atoms with Gasteiger partial charge in [-0.25, -0.2) is 9.59 Å². The van der Waals surface area contributed by atoms with Gasteiger partial charge in [0.25, 0.3) is 0 Å². The Morgan fingerprint density at radius 1 is 1.03 bits per heavy atom. The molecule has 180 valence electrons. The molecule has 1 saturated heterocycles. The first-order valence-corrected chi connectivity index (χ1v) is 11.5. The van der Waals surface area contributed by atoms with Crippen molar-refractivity contribution in [2.45, 2.75) is 56.8 Å². The minimum Gasteiger partial charge on any atom is -0.479 e. The maximum atomic E-state index is 12.5. The van der Waals surface area contributed by atoms with Gasteiger partial charge in [-0.1, -0.05) is 48.5 Å². The number of amides is 2. The Balaban J connectivity index is 1.26. The molecule has 0 spiro atoms. The SMILES string of the molecule is CC(C)(CC(=O)NCC1CCC(C(=O)O)O1)NC(=O)OCC1c2ccccc2-c2ccccc21. The molecule has 8 heteroatoms. The second-order valence-corrected chi connectivity index (χ2v) is 9.48. The summed E-state index contributed by atoms with van der Waals surface area (Å²) in [5.74, 6) is -1.28. The first kappa shape index (κ1) is 23.8. The van der Waals surface area contributed by atoms with Crippen LogP contribution in [0.2, 0.25) is 0 Å². The summed E-state index contributed by atoms with van der Waals surface area (Å²) in [7, 11) is 0. The molecule has 4 rings (SSSR count). The average molecular weight is 467 g/mol. The third-order valence-corrected chi connectivity index (χ3v) is 6.30. The van der Waals surface area contributed by atoms with Gasteiger partial charge < -0.3 is 25.2 Å². The highest BCUT2D eigenvalue weighted by molar-refractivity contribution is 5.80. The van der Waals surface area contributed by atoms with Gasteiger partial charge in [-0.15, -0.1) is 0 Å². The lowest BCUT2D eigenvalue weighted by Gasteiger charge is -2.26. The van der Waals surface area contributed by atoms with E-state index in [1.54, 1.807) is 13.8 Å². The molecule has 34 heavy (non-hydrogen) atoms. The number of hydrogen-bond acceptors (Lipinski definition) is 5. The van der Waals surface area contributed by atoms with Crippen LogP contribution in [0.3, 0.4) is 0 Å². The van der Waals surface area contributed by atoms with Gasteiger partial charge in [0.2, 0.25) is 5.91 Å². The number of aliphatic carboxylic acids is 1. The van der Waals surface area contributed by atoms with Gasteiger partial charge in [0.15, 0.2) is 6.10 Å². The van der Waals surface area contributed by atoms with Gasteiger partial charge in [0.05, 0.1) is 6.10 Å². The molecule has 1 aliphatic carbocycles. The van der Waals surface area contributed by atoms with E-state index in [0.29, 0.717) is 12.8 Å². The van der Waals surface area contributed by atoms with Crippen LogP contribution in [-0.2, 0) is 19.1 Å². The lowest BCUT2D eigenvalue weighted by Crippen LogP contribution is -2.47. The van der Waals surface area contributed by atoms with Crippen LogP contribution in [0.5, 0.6) is 0 Å². The molecule has 2 aliphatic rings. The van der Waals surface area contributed by atoms with E-state index in [2.05, 4.69) is 34.9 Å². The minimum atomic E-state index is -0.984. The molecular formula is C26H30N2O6. The zero-order valence-electron chi connectivity index (χ0n) is 19.4. The van der Waals surface area contributed by atoms with Crippen molar-refractivity contribution in [1.29, 1.82) is 0 Å². The number of carbonyl (C=O) groups excluding carboxylic acids is 2. The van der Waals surface area contributed by atoms with Crippen molar-refractivity contribution in [3.05, 3.63) is 59.7 Å². The molecular weight excluding hydrogens is 436 g/mol. The van der Waals surface area contributed by atoms with Gasteiger partial charge in [-0.3, -0.25) is 4.79 Å². The summed E-state index contributed by atoms with van der Waals surface area (Å²) in [6, 6.07) is 16.2. The van der Waals surface area contributed by atoms with Crippen molar-refractivity contribution in [3.8, 4) is 11.1 Å². The van der Waals surface area contributed by atoms with Crippen LogP contribution in [-0.4, -0.2) is 54.0 Å². The molecule has 2 atom stereocenters. The van der Waals surface area contributed by atoms with Crippen molar-refractivity contribution < 1.29 is 29.0 Å². The summed E-state index contributed by atoms with van der Waals surface area (Å²) >= 11 is 0. The van der Waals surface area contributed by atoms with E-state index in [9.17, 15) is 14.4 Å². The lowest BCUT2D eigenvalue weighted by atomic mass is 9.98. The fourth-order valence-electron chi connectivity index (χ4n) is 4.68. The number of nitrogens with one attached hydrogen (secondary N) is 2. The van der Waals surface area contributed by atoms with Gasteiger partial charge in [-0.05, 0) is 48.9 Å². The molecule has 2 unspecified atom stereocenters. The fraction of sp³-hybridized carbons (Fsp3) is 0.423. The maximum absolute atomic E-state index is 12.5. The Bertz CT molecular complexity index is 1040. The van der Waals surface area contributed by atoms with Gasteiger partial charge in [-0.2, -0.15) is 0 Å². The Morgan fingerprint density at radius 3 is 2.24 bits per heavy atom. The van der Waals surface area contributed by atoms with Crippen molar-refractivity contribution in [1.82, 2.24) is 10.6 Å². The normalized spacial score (nSPS) is 19.2. The first-order valence-electron chi connectivity index (χ1n) is 11.5. The number of carbonyl (C=O) groups is 3. The molecule has 2 aromatic carbocycles. The maximum Gasteiger partial charge on any atom is 0.407 e.